The van der Waals surface area contributed by atoms with Crippen LogP contribution < -0.4 is 5.73 Å². The van der Waals surface area contributed by atoms with Gasteiger partial charge in [-0.05, 0) is 37.1 Å². The molecule has 106 valence electrons. The van der Waals surface area contributed by atoms with Gasteiger partial charge in [0, 0.05) is 39.3 Å². The van der Waals surface area contributed by atoms with Gasteiger partial charge in [-0.3, -0.25) is 0 Å². The molecule has 1 aliphatic carbocycles. The molecule has 3 heteroatoms. The molecule has 3 nitrogen and oxygen atoms in total. The molecule has 0 radical (unpaired) electrons. The van der Waals surface area contributed by atoms with E-state index in [9.17, 15) is 0 Å². The lowest BCUT2D eigenvalue weighted by Crippen LogP contribution is -2.49. The van der Waals surface area contributed by atoms with Gasteiger partial charge in [-0.2, -0.15) is 0 Å². The van der Waals surface area contributed by atoms with Crippen LogP contribution in [-0.4, -0.2) is 55.6 Å². The Labute approximate surface area is 113 Å². The number of hydrogen-bond donors (Lipinski definition) is 1. The standard InChI is InChI=1S/C15H31N3/c1-13(2)11-17-6-8-18(9-7-17)12-15-5-3-4-14(15)10-16/h13-15H,3-12,16H2,1-2H3. The molecule has 2 aliphatic rings. The van der Waals surface area contributed by atoms with Crippen molar-refractivity contribution >= 4 is 0 Å². The molecule has 2 unspecified atom stereocenters. The largest absolute Gasteiger partial charge is 0.330 e. The Kier molecular flexibility index (Phi) is 5.46. The average Bonchev–Trinajstić information content (AvgIpc) is 2.78. The molecule has 2 N–H and O–H groups in total. The van der Waals surface area contributed by atoms with Crippen molar-refractivity contribution < 1.29 is 0 Å². The number of hydrogen-bond acceptors (Lipinski definition) is 3. The van der Waals surface area contributed by atoms with Crippen LogP contribution in [0.25, 0.3) is 0 Å². The van der Waals surface area contributed by atoms with Crippen LogP contribution in [0.3, 0.4) is 0 Å². The third-order valence-electron chi connectivity index (χ3n) is 4.70. The molecule has 18 heavy (non-hydrogen) atoms. The molecule has 0 aromatic rings. The molecule has 2 fully saturated rings. The maximum absolute atomic E-state index is 5.88. The number of nitrogens with zero attached hydrogens (tertiary/aromatic N) is 2. The highest BCUT2D eigenvalue weighted by atomic mass is 15.3. The summed E-state index contributed by atoms with van der Waals surface area (Å²) < 4.78 is 0. The Bertz CT molecular complexity index is 234. The fraction of sp³-hybridized carbons (Fsp3) is 1.00. The molecule has 2 rings (SSSR count). The van der Waals surface area contributed by atoms with E-state index in [2.05, 4.69) is 23.6 Å². The van der Waals surface area contributed by atoms with Crippen molar-refractivity contribution in [2.75, 3.05) is 45.8 Å². The Morgan fingerprint density at radius 1 is 1.00 bits per heavy atom. The summed E-state index contributed by atoms with van der Waals surface area (Å²) in [5.41, 5.74) is 5.88. The first-order chi connectivity index (χ1) is 8.69. The van der Waals surface area contributed by atoms with Crippen LogP contribution in [0.5, 0.6) is 0 Å². The summed E-state index contributed by atoms with van der Waals surface area (Å²) in [5, 5.41) is 0. The van der Waals surface area contributed by atoms with Crippen molar-refractivity contribution in [3.8, 4) is 0 Å². The molecule has 1 heterocycles. The van der Waals surface area contributed by atoms with Gasteiger partial charge in [0.2, 0.25) is 0 Å². The zero-order chi connectivity index (χ0) is 13.0. The van der Waals surface area contributed by atoms with Gasteiger partial charge in [-0.1, -0.05) is 20.3 Å². The molecule has 0 aromatic heterocycles. The lowest BCUT2D eigenvalue weighted by molar-refractivity contribution is 0.103. The maximum atomic E-state index is 5.88. The van der Waals surface area contributed by atoms with Crippen LogP contribution in [0.4, 0.5) is 0 Å². The van der Waals surface area contributed by atoms with E-state index in [1.165, 1.54) is 58.5 Å². The second-order valence-corrected chi connectivity index (χ2v) is 6.68. The third-order valence-corrected chi connectivity index (χ3v) is 4.70. The van der Waals surface area contributed by atoms with E-state index in [1.54, 1.807) is 0 Å². The topological polar surface area (TPSA) is 32.5 Å². The lowest BCUT2D eigenvalue weighted by atomic mass is 9.95. The minimum absolute atomic E-state index is 0.799. The smallest absolute Gasteiger partial charge is 0.0110 e. The highest BCUT2D eigenvalue weighted by Crippen LogP contribution is 2.31. The summed E-state index contributed by atoms with van der Waals surface area (Å²) in [6, 6.07) is 0. The van der Waals surface area contributed by atoms with E-state index in [4.69, 9.17) is 5.73 Å². The van der Waals surface area contributed by atoms with Gasteiger partial charge in [-0.25, -0.2) is 0 Å². The van der Waals surface area contributed by atoms with Gasteiger partial charge in [0.05, 0.1) is 0 Å². The van der Waals surface area contributed by atoms with Gasteiger partial charge >= 0.3 is 0 Å². The second-order valence-electron chi connectivity index (χ2n) is 6.68. The Morgan fingerprint density at radius 2 is 1.61 bits per heavy atom. The molecule has 1 aliphatic heterocycles. The summed E-state index contributed by atoms with van der Waals surface area (Å²) in [7, 11) is 0. The second kappa shape index (κ2) is 6.88. The molecule has 0 bridgehead atoms. The molecule has 0 aromatic carbocycles. The highest BCUT2D eigenvalue weighted by Gasteiger charge is 2.28. The first kappa shape index (κ1) is 14.3. The predicted octanol–water partition coefficient (Wildman–Crippen LogP) is 1.64. The van der Waals surface area contributed by atoms with Gasteiger partial charge in [-0.15, -0.1) is 0 Å². The Morgan fingerprint density at radius 3 is 2.22 bits per heavy atom. The van der Waals surface area contributed by atoms with Crippen molar-refractivity contribution in [3.05, 3.63) is 0 Å². The summed E-state index contributed by atoms with van der Waals surface area (Å²) >= 11 is 0. The van der Waals surface area contributed by atoms with Crippen LogP contribution in [0, 0.1) is 17.8 Å². The van der Waals surface area contributed by atoms with Crippen LogP contribution >= 0.6 is 0 Å². The quantitative estimate of drug-likeness (QED) is 0.808. The minimum atomic E-state index is 0.799. The van der Waals surface area contributed by atoms with Crippen LogP contribution in [0.1, 0.15) is 33.1 Å². The summed E-state index contributed by atoms with van der Waals surface area (Å²) in [5.74, 6) is 2.48. The number of piperazine rings is 1. The van der Waals surface area contributed by atoms with Crippen LogP contribution in [-0.2, 0) is 0 Å². The molecule has 0 spiro atoms. The van der Waals surface area contributed by atoms with Crippen LogP contribution in [0.2, 0.25) is 0 Å². The normalized spacial score (nSPS) is 31.3. The predicted molar refractivity (Wildman–Crippen MR) is 77.6 cm³/mol. The Balaban J connectivity index is 1.70. The van der Waals surface area contributed by atoms with Gasteiger partial charge in [0.1, 0.15) is 0 Å². The first-order valence-corrected chi connectivity index (χ1v) is 7.83. The van der Waals surface area contributed by atoms with Crippen molar-refractivity contribution in [3.63, 3.8) is 0 Å². The van der Waals surface area contributed by atoms with Crippen molar-refractivity contribution in [1.29, 1.82) is 0 Å². The molecular weight excluding hydrogens is 222 g/mol. The van der Waals surface area contributed by atoms with Gasteiger partial charge in [0.25, 0.3) is 0 Å². The molecule has 1 saturated heterocycles. The Hall–Kier alpha value is -0.120. The summed E-state index contributed by atoms with van der Waals surface area (Å²) in [6.07, 6.45) is 4.18. The monoisotopic (exact) mass is 253 g/mol. The van der Waals surface area contributed by atoms with Crippen molar-refractivity contribution in [1.82, 2.24) is 9.80 Å². The highest BCUT2D eigenvalue weighted by molar-refractivity contribution is 4.82. The minimum Gasteiger partial charge on any atom is -0.330 e. The van der Waals surface area contributed by atoms with E-state index in [0.29, 0.717) is 0 Å². The molecule has 1 saturated carbocycles. The van der Waals surface area contributed by atoms with E-state index in [-0.39, 0.29) is 0 Å². The van der Waals surface area contributed by atoms with E-state index in [1.807, 2.05) is 0 Å². The summed E-state index contributed by atoms with van der Waals surface area (Å²) in [6.45, 7) is 13.2. The molecule has 2 atom stereocenters. The molecular formula is C15H31N3. The fourth-order valence-electron chi connectivity index (χ4n) is 3.67. The lowest BCUT2D eigenvalue weighted by Gasteiger charge is -2.37. The maximum Gasteiger partial charge on any atom is 0.0110 e. The average molecular weight is 253 g/mol. The SMILES string of the molecule is CC(C)CN1CCN(CC2CCCC2CN)CC1. The first-order valence-electron chi connectivity index (χ1n) is 7.83. The summed E-state index contributed by atoms with van der Waals surface area (Å²) in [4.78, 5) is 5.30. The number of rotatable bonds is 5. The zero-order valence-corrected chi connectivity index (χ0v) is 12.3. The molecule has 0 amide bonds. The van der Waals surface area contributed by atoms with E-state index >= 15 is 0 Å². The van der Waals surface area contributed by atoms with E-state index < -0.39 is 0 Å². The fourth-order valence-corrected chi connectivity index (χ4v) is 3.67. The van der Waals surface area contributed by atoms with E-state index in [0.717, 1.165) is 24.3 Å². The zero-order valence-electron chi connectivity index (χ0n) is 12.3. The van der Waals surface area contributed by atoms with Gasteiger partial charge in [0.15, 0.2) is 0 Å². The third kappa shape index (κ3) is 3.94. The number of nitrogens with two attached hydrogens (primary N) is 1. The van der Waals surface area contributed by atoms with Gasteiger partial charge < -0.3 is 15.5 Å². The van der Waals surface area contributed by atoms with Crippen molar-refractivity contribution in [2.45, 2.75) is 33.1 Å². The van der Waals surface area contributed by atoms with Crippen molar-refractivity contribution in [2.24, 2.45) is 23.5 Å². The van der Waals surface area contributed by atoms with Crippen LogP contribution in [0.15, 0.2) is 0 Å².